The molecular formula is C43H52N6O5. The van der Waals surface area contributed by atoms with Crippen LogP contribution < -0.4 is 14.4 Å². The van der Waals surface area contributed by atoms with Crippen LogP contribution in [0.25, 0.3) is 22.2 Å². The van der Waals surface area contributed by atoms with E-state index in [1.54, 1.807) is 0 Å². The third-order valence-corrected chi connectivity index (χ3v) is 11.0. The van der Waals surface area contributed by atoms with Crippen LogP contribution in [0.3, 0.4) is 0 Å². The molecule has 2 aromatic heterocycles. The van der Waals surface area contributed by atoms with Crippen molar-refractivity contribution >= 4 is 22.7 Å². The number of hydrogen-bond donors (Lipinski definition) is 2. The summed E-state index contributed by atoms with van der Waals surface area (Å²) in [6.45, 7) is 10.7. The van der Waals surface area contributed by atoms with Crippen molar-refractivity contribution < 1.29 is 24.5 Å². The van der Waals surface area contributed by atoms with Crippen molar-refractivity contribution in [2.24, 2.45) is 18.4 Å². The van der Waals surface area contributed by atoms with Gasteiger partial charge >= 0.3 is 6.09 Å². The number of aliphatic hydroxyl groups excluding tert-OH is 1. The number of carbonyl (C=O) groups is 1. The summed E-state index contributed by atoms with van der Waals surface area (Å²) in [6, 6.07) is 30.0. The van der Waals surface area contributed by atoms with Crippen LogP contribution in [0.5, 0.6) is 11.8 Å². The number of anilines is 1. The van der Waals surface area contributed by atoms with Gasteiger partial charge in [-0.15, -0.1) is 0 Å². The average molecular weight is 733 g/mol. The number of amides is 1. The van der Waals surface area contributed by atoms with Gasteiger partial charge in [0, 0.05) is 56.9 Å². The maximum Gasteiger partial charge on any atom is 0.407 e. The summed E-state index contributed by atoms with van der Waals surface area (Å²) in [5, 5.41) is 26.4. The maximum atomic E-state index is 12.1. The molecule has 2 atom stereocenters. The molecule has 2 N–H and O–H groups in total. The quantitative estimate of drug-likeness (QED) is 0.147. The Morgan fingerprint density at radius 3 is 2.15 bits per heavy atom. The van der Waals surface area contributed by atoms with Crippen molar-refractivity contribution in [3.05, 3.63) is 102 Å². The zero-order valence-corrected chi connectivity index (χ0v) is 31.8. The maximum absolute atomic E-state index is 12.1. The highest BCUT2D eigenvalue weighted by Crippen LogP contribution is 2.38. The zero-order chi connectivity index (χ0) is 37.8. The SMILES string of the molecule is Cn1nc(-c2ccc(OCc3ccccc3)nc2OCc2ccccc2)c2ccc(N3CCC(CN4CCN(C(=O)O)C(C(C)(C)C)C4CO)CC3)cc21. The minimum absolute atomic E-state index is 0.0554. The van der Waals surface area contributed by atoms with Gasteiger partial charge in [-0.2, -0.15) is 10.1 Å². The Balaban J connectivity index is 1.06. The third kappa shape index (κ3) is 8.17. The van der Waals surface area contributed by atoms with Gasteiger partial charge in [-0.05, 0) is 59.6 Å². The normalized spacial score (nSPS) is 18.6. The van der Waals surface area contributed by atoms with Crippen LogP contribution in [0.15, 0.2) is 91.0 Å². The number of carboxylic acid groups (broad SMARTS) is 1. The Bertz CT molecular complexity index is 2020. The van der Waals surface area contributed by atoms with Crippen LogP contribution in [0.2, 0.25) is 0 Å². The lowest BCUT2D eigenvalue weighted by atomic mass is 9.79. The van der Waals surface area contributed by atoms with Crippen LogP contribution in [-0.4, -0.2) is 92.3 Å². The van der Waals surface area contributed by atoms with E-state index in [1.807, 2.05) is 84.5 Å². The van der Waals surface area contributed by atoms with Gasteiger partial charge in [-0.1, -0.05) is 81.4 Å². The van der Waals surface area contributed by atoms with E-state index in [0.29, 0.717) is 44.0 Å². The van der Waals surface area contributed by atoms with Crippen molar-refractivity contribution in [2.45, 2.75) is 58.9 Å². The monoisotopic (exact) mass is 732 g/mol. The van der Waals surface area contributed by atoms with Crippen molar-refractivity contribution in [2.75, 3.05) is 44.2 Å². The topological polar surface area (TPSA) is 116 Å². The molecule has 0 saturated carbocycles. The van der Waals surface area contributed by atoms with E-state index in [4.69, 9.17) is 19.6 Å². The summed E-state index contributed by atoms with van der Waals surface area (Å²) in [7, 11) is 1.98. The fourth-order valence-corrected chi connectivity index (χ4v) is 8.25. The fraction of sp³-hybridized carbons (Fsp3) is 0.419. The molecule has 0 aliphatic carbocycles. The predicted octanol–water partition coefficient (Wildman–Crippen LogP) is 7.08. The summed E-state index contributed by atoms with van der Waals surface area (Å²) in [5.74, 6) is 1.43. The van der Waals surface area contributed by atoms with Crippen molar-refractivity contribution in [1.29, 1.82) is 0 Å². The van der Waals surface area contributed by atoms with Gasteiger partial charge in [-0.25, -0.2) is 4.79 Å². The molecule has 11 heteroatoms. The highest BCUT2D eigenvalue weighted by molar-refractivity contribution is 5.96. The minimum atomic E-state index is -0.908. The molecule has 2 saturated heterocycles. The molecule has 284 valence electrons. The molecule has 2 aliphatic rings. The molecule has 5 aromatic rings. The van der Waals surface area contributed by atoms with Crippen molar-refractivity contribution in [3.8, 4) is 23.0 Å². The molecule has 0 radical (unpaired) electrons. The number of rotatable bonds is 11. The Morgan fingerprint density at radius 2 is 1.52 bits per heavy atom. The summed E-state index contributed by atoms with van der Waals surface area (Å²) < 4.78 is 14.4. The van der Waals surface area contributed by atoms with Crippen LogP contribution >= 0.6 is 0 Å². The Labute approximate surface area is 317 Å². The molecule has 3 aromatic carbocycles. The predicted molar refractivity (Wildman–Crippen MR) is 211 cm³/mol. The molecule has 1 amide bonds. The average Bonchev–Trinajstić information content (AvgIpc) is 3.51. The number of aliphatic hydroxyl groups is 1. The fourth-order valence-electron chi connectivity index (χ4n) is 8.25. The lowest BCUT2D eigenvalue weighted by Crippen LogP contribution is -2.66. The molecule has 0 bridgehead atoms. The number of piperidine rings is 1. The van der Waals surface area contributed by atoms with Crippen LogP contribution in [-0.2, 0) is 20.3 Å². The van der Waals surface area contributed by atoms with E-state index in [2.05, 4.69) is 48.8 Å². The van der Waals surface area contributed by atoms with Gasteiger partial charge in [0.15, 0.2) is 0 Å². The number of ether oxygens (including phenoxy) is 2. The lowest BCUT2D eigenvalue weighted by Gasteiger charge is -2.52. The highest BCUT2D eigenvalue weighted by Gasteiger charge is 2.45. The van der Waals surface area contributed by atoms with Gasteiger partial charge in [0.2, 0.25) is 11.8 Å². The highest BCUT2D eigenvalue weighted by atomic mass is 16.5. The number of pyridine rings is 1. The van der Waals surface area contributed by atoms with E-state index in [1.165, 1.54) is 4.90 Å². The van der Waals surface area contributed by atoms with Crippen molar-refractivity contribution in [3.63, 3.8) is 0 Å². The molecule has 0 spiro atoms. The first-order chi connectivity index (χ1) is 26.1. The van der Waals surface area contributed by atoms with Gasteiger partial charge in [-0.3, -0.25) is 9.58 Å². The molecule has 2 aliphatic heterocycles. The Morgan fingerprint density at radius 1 is 0.852 bits per heavy atom. The smallest absolute Gasteiger partial charge is 0.407 e. The van der Waals surface area contributed by atoms with Gasteiger partial charge in [0.05, 0.1) is 29.8 Å². The molecule has 2 unspecified atom stereocenters. The second-order valence-corrected chi connectivity index (χ2v) is 15.7. The number of aryl methyl sites for hydroxylation is 1. The number of nitrogens with zero attached hydrogens (tertiary/aromatic N) is 6. The van der Waals surface area contributed by atoms with Crippen LogP contribution in [0.1, 0.15) is 44.7 Å². The zero-order valence-electron chi connectivity index (χ0n) is 31.8. The second kappa shape index (κ2) is 16.1. The number of benzene rings is 3. The first-order valence-electron chi connectivity index (χ1n) is 19.0. The van der Waals surface area contributed by atoms with E-state index in [9.17, 15) is 15.0 Å². The second-order valence-electron chi connectivity index (χ2n) is 15.7. The summed E-state index contributed by atoms with van der Waals surface area (Å²) in [5.41, 5.74) is 5.61. The largest absolute Gasteiger partial charge is 0.473 e. The molecule has 4 heterocycles. The molecule has 54 heavy (non-hydrogen) atoms. The van der Waals surface area contributed by atoms with E-state index < -0.39 is 6.09 Å². The third-order valence-electron chi connectivity index (χ3n) is 11.0. The molecule has 2 fully saturated rings. The van der Waals surface area contributed by atoms with Gasteiger partial charge < -0.3 is 29.5 Å². The first kappa shape index (κ1) is 37.2. The Hall–Kier alpha value is -5.13. The van der Waals surface area contributed by atoms with Gasteiger partial charge in [0.1, 0.15) is 18.9 Å². The number of aromatic nitrogens is 3. The van der Waals surface area contributed by atoms with Gasteiger partial charge in [0.25, 0.3) is 0 Å². The van der Waals surface area contributed by atoms with Crippen LogP contribution in [0.4, 0.5) is 10.5 Å². The summed E-state index contributed by atoms with van der Waals surface area (Å²) >= 11 is 0. The molecule has 11 nitrogen and oxygen atoms in total. The molecule has 7 rings (SSSR count). The number of fused-ring (bicyclic) bond motifs is 1. The number of hydrogen-bond acceptors (Lipinski definition) is 8. The van der Waals surface area contributed by atoms with E-state index >= 15 is 0 Å². The molecular weight excluding hydrogens is 681 g/mol. The number of piperazine rings is 1. The summed E-state index contributed by atoms with van der Waals surface area (Å²) in [4.78, 5) is 23.2. The Kier molecular flexibility index (Phi) is 11.1. The van der Waals surface area contributed by atoms with E-state index in [0.717, 1.165) is 71.5 Å². The first-order valence-corrected chi connectivity index (χ1v) is 19.0. The lowest BCUT2D eigenvalue weighted by molar-refractivity contribution is -0.0467. The van der Waals surface area contributed by atoms with Crippen LogP contribution in [0, 0.1) is 11.3 Å². The van der Waals surface area contributed by atoms with Crippen molar-refractivity contribution in [1.82, 2.24) is 24.6 Å². The van der Waals surface area contributed by atoms with E-state index in [-0.39, 0.29) is 24.1 Å². The summed E-state index contributed by atoms with van der Waals surface area (Å²) in [6.07, 6.45) is 1.14. The minimum Gasteiger partial charge on any atom is -0.473 e. The standard InChI is InChI=1S/C43H52N6O5/c1-43(2,3)40-37(27-50)48(23-24-49(40)42(51)52)26-30-19-21-47(22-20-30)33-15-16-34-36(25-33)46(4)45-39(34)35-17-18-38(53-28-31-11-7-5-8-12-31)44-41(35)54-29-32-13-9-6-10-14-32/h5-18,25,30,37,40,50H,19-24,26-29H2,1-4H3,(H,51,52).